The van der Waals surface area contributed by atoms with Crippen LogP contribution in [-0.4, -0.2) is 26.1 Å². The van der Waals surface area contributed by atoms with Gasteiger partial charge in [0.05, 0.1) is 0 Å². The van der Waals surface area contributed by atoms with Crippen LogP contribution in [0.4, 0.5) is 0 Å². The van der Waals surface area contributed by atoms with E-state index in [0.29, 0.717) is 19.8 Å². The Labute approximate surface area is 104 Å². The van der Waals surface area contributed by atoms with Crippen LogP contribution in [0.3, 0.4) is 0 Å². The Balaban J connectivity index is 2.81. The molecule has 0 aliphatic carbocycles. The lowest BCUT2D eigenvalue weighted by atomic mass is 10.1. The second-order valence-corrected chi connectivity index (χ2v) is 3.57. The van der Waals surface area contributed by atoms with Crippen molar-refractivity contribution in [2.45, 2.75) is 33.2 Å². The van der Waals surface area contributed by atoms with E-state index in [2.05, 4.69) is 0 Å². The number of benzene rings is 1. The predicted octanol–water partition coefficient (Wildman–Crippen LogP) is 3.16. The molecule has 1 aromatic rings. The molecule has 17 heavy (non-hydrogen) atoms. The zero-order valence-electron chi connectivity index (χ0n) is 10.9. The van der Waals surface area contributed by atoms with Crippen LogP contribution in [0.2, 0.25) is 0 Å². The van der Waals surface area contributed by atoms with E-state index in [1.54, 1.807) is 0 Å². The lowest BCUT2D eigenvalue weighted by Gasteiger charge is -2.26. The fourth-order valence-electron chi connectivity index (χ4n) is 1.71. The van der Waals surface area contributed by atoms with Crippen molar-refractivity contribution in [3.8, 4) is 0 Å². The summed E-state index contributed by atoms with van der Waals surface area (Å²) < 4.78 is 17.0. The van der Waals surface area contributed by atoms with E-state index >= 15 is 0 Å². The Kier molecular flexibility index (Phi) is 6.86. The Morgan fingerprint density at radius 3 is 1.82 bits per heavy atom. The summed E-state index contributed by atoms with van der Waals surface area (Å²) in [6.45, 7) is 7.75. The summed E-state index contributed by atoms with van der Waals surface area (Å²) in [7, 11) is 0. The van der Waals surface area contributed by atoms with Crippen molar-refractivity contribution < 1.29 is 14.2 Å². The molecule has 0 radical (unpaired) electrons. The fraction of sp³-hybridized carbons (Fsp3) is 0.571. The van der Waals surface area contributed by atoms with Gasteiger partial charge in [-0.1, -0.05) is 30.3 Å². The molecule has 0 aliphatic heterocycles. The Morgan fingerprint density at radius 1 is 0.824 bits per heavy atom. The molecule has 3 nitrogen and oxygen atoms in total. The van der Waals surface area contributed by atoms with Gasteiger partial charge in [-0.25, -0.2) is 0 Å². The molecule has 1 aromatic carbocycles. The monoisotopic (exact) mass is 238 g/mol. The molecule has 0 N–H and O–H groups in total. The maximum absolute atomic E-state index is 5.75. The van der Waals surface area contributed by atoms with Crippen LogP contribution in [0.5, 0.6) is 0 Å². The van der Waals surface area contributed by atoms with Gasteiger partial charge >= 0.3 is 0 Å². The normalized spacial score (nSPS) is 12.9. The maximum atomic E-state index is 5.75. The third kappa shape index (κ3) is 4.46. The summed E-state index contributed by atoms with van der Waals surface area (Å²) in [5, 5.41) is 0. The molecule has 3 heteroatoms. The summed E-state index contributed by atoms with van der Waals surface area (Å²) in [6, 6.07) is 10.0. The second-order valence-electron chi connectivity index (χ2n) is 3.57. The summed E-state index contributed by atoms with van der Waals surface area (Å²) in [6.07, 6.45) is -0.506. The van der Waals surface area contributed by atoms with Gasteiger partial charge in [0.1, 0.15) is 6.10 Å². The predicted molar refractivity (Wildman–Crippen MR) is 67.8 cm³/mol. The van der Waals surface area contributed by atoms with Gasteiger partial charge in [0, 0.05) is 19.8 Å². The van der Waals surface area contributed by atoms with Crippen LogP contribution in [0, 0.1) is 0 Å². The minimum absolute atomic E-state index is 0.166. The molecule has 1 unspecified atom stereocenters. The van der Waals surface area contributed by atoms with Gasteiger partial charge in [-0.05, 0) is 26.3 Å². The standard InChI is InChI=1S/C14H22O3/c1-4-15-13(12-10-8-7-9-11-12)14(16-5-2)17-6-3/h7-11,13-14H,4-6H2,1-3H3. The lowest BCUT2D eigenvalue weighted by Crippen LogP contribution is -2.28. The first-order valence-electron chi connectivity index (χ1n) is 6.23. The third-order valence-electron chi connectivity index (χ3n) is 2.38. The van der Waals surface area contributed by atoms with Gasteiger partial charge in [0.25, 0.3) is 0 Å². The van der Waals surface area contributed by atoms with Crippen molar-refractivity contribution in [1.29, 1.82) is 0 Å². The van der Waals surface area contributed by atoms with Crippen LogP contribution in [-0.2, 0) is 14.2 Å². The molecule has 1 rings (SSSR count). The van der Waals surface area contributed by atoms with E-state index < -0.39 is 0 Å². The van der Waals surface area contributed by atoms with Crippen LogP contribution in [0.1, 0.15) is 32.4 Å². The quantitative estimate of drug-likeness (QED) is 0.651. The van der Waals surface area contributed by atoms with Gasteiger partial charge in [-0.15, -0.1) is 0 Å². The second kappa shape index (κ2) is 8.23. The number of hydrogen-bond donors (Lipinski definition) is 0. The van der Waals surface area contributed by atoms with Gasteiger partial charge in [0.15, 0.2) is 6.29 Å². The number of ether oxygens (including phenoxy) is 3. The topological polar surface area (TPSA) is 27.7 Å². The highest BCUT2D eigenvalue weighted by molar-refractivity contribution is 5.18. The number of rotatable bonds is 8. The first-order valence-corrected chi connectivity index (χ1v) is 6.23. The van der Waals surface area contributed by atoms with E-state index in [1.807, 2.05) is 51.1 Å². The van der Waals surface area contributed by atoms with Crippen LogP contribution < -0.4 is 0 Å². The van der Waals surface area contributed by atoms with Gasteiger partial charge < -0.3 is 14.2 Å². The summed E-state index contributed by atoms with van der Waals surface area (Å²) in [4.78, 5) is 0. The average molecular weight is 238 g/mol. The molecule has 0 amide bonds. The molecule has 0 spiro atoms. The molecule has 96 valence electrons. The SMILES string of the molecule is CCOC(OCC)C(OCC)c1ccccc1. The highest BCUT2D eigenvalue weighted by Gasteiger charge is 2.24. The minimum atomic E-state index is -0.340. The third-order valence-corrected chi connectivity index (χ3v) is 2.38. The Hall–Kier alpha value is -0.900. The highest BCUT2D eigenvalue weighted by Crippen LogP contribution is 2.24. The van der Waals surface area contributed by atoms with E-state index in [9.17, 15) is 0 Å². The summed E-state index contributed by atoms with van der Waals surface area (Å²) >= 11 is 0. The largest absolute Gasteiger partial charge is 0.368 e. The van der Waals surface area contributed by atoms with Crippen molar-refractivity contribution in [3.05, 3.63) is 35.9 Å². The maximum Gasteiger partial charge on any atom is 0.187 e. The van der Waals surface area contributed by atoms with Crippen molar-refractivity contribution in [2.24, 2.45) is 0 Å². The molecule has 0 saturated heterocycles. The minimum Gasteiger partial charge on any atom is -0.368 e. The lowest BCUT2D eigenvalue weighted by molar-refractivity contribution is -0.204. The average Bonchev–Trinajstić information content (AvgIpc) is 2.37. The van der Waals surface area contributed by atoms with Gasteiger partial charge in [0.2, 0.25) is 0 Å². The molecular weight excluding hydrogens is 216 g/mol. The van der Waals surface area contributed by atoms with E-state index in [4.69, 9.17) is 14.2 Å². The van der Waals surface area contributed by atoms with Crippen molar-refractivity contribution in [3.63, 3.8) is 0 Å². The van der Waals surface area contributed by atoms with Crippen LogP contribution in [0.15, 0.2) is 30.3 Å². The van der Waals surface area contributed by atoms with E-state index in [1.165, 1.54) is 0 Å². The van der Waals surface area contributed by atoms with Crippen molar-refractivity contribution in [1.82, 2.24) is 0 Å². The molecule has 0 bridgehead atoms. The summed E-state index contributed by atoms with van der Waals surface area (Å²) in [5.41, 5.74) is 1.08. The van der Waals surface area contributed by atoms with E-state index in [-0.39, 0.29) is 12.4 Å². The molecule has 0 saturated carbocycles. The molecule has 1 atom stereocenters. The first-order chi connectivity index (χ1) is 8.33. The molecule has 0 fully saturated rings. The van der Waals surface area contributed by atoms with Crippen molar-refractivity contribution >= 4 is 0 Å². The smallest absolute Gasteiger partial charge is 0.187 e. The van der Waals surface area contributed by atoms with Gasteiger partial charge in [-0.2, -0.15) is 0 Å². The van der Waals surface area contributed by atoms with Crippen LogP contribution >= 0.6 is 0 Å². The van der Waals surface area contributed by atoms with Crippen LogP contribution in [0.25, 0.3) is 0 Å². The Bertz CT molecular complexity index is 281. The number of hydrogen-bond acceptors (Lipinski definition) is 3. The summed E-state index contributed by atoms with van der Waals surface area (Å²) in [5.74, 6) is 0. The molecule has 0 aliphatic rings. The Morgan fingerprint density at radius 2 is 1.35 bits per heavy atom. The fourth-order valence-corrected chi connectivity index (χ4v) is 1.71. The highest BCUT2D eigenvalue weighted by atomic mass is 16.7. The zero-order valence-corrected chi connectivity index (χ0v) is 10.9. The molecular formula is C14H22O3. The van der Waals surface area contributed by atoms with E-state index in [0.717, 1.165) is 5.56 Å². The first kappa shape index (κ1) is 14.2. The molecule has 0 aromatic heterocycles. The molecule has 0 heterocycles. The van der Waals surface area contributed by atoms with Crippen molar-refractivity contribution in [2.75, 3.05) is 19.8 Å². The zero-order chi connectivity index (χ0) is 12.5. The van der Waals surface area contributed by atoms with Gasteiger partial charge in [-0.3, -0.25) is 0 Å².